The van der Waals surface area contributed by atoms with Crippen molar-refractivity contribution < 1.29 is 19.4 Å². The molecule has 6 nitrogen and oxygen atoms in total. The van der Waals surface area contributed by atoms with Crippen LogP contribution in [0.5, 0.6) is 0 Å². The highest BCUT2D eigenvalue weighted by Crippen LogP contribution is 2.22. The van der Waals surface area contributed by atoms with Crippen LogP contribution in [0.15, 0.2) is 0 Å². The van der Waals surface area contributed by atoms with E-state index in [4.69, 9.17) is 15.6 Å². The molecule has 0 aromatic rings. The van der Waals surface area contributed by atoms with E-state index in [0.717, 1.165) is 0 Å². The van der Waals surface area contributed by atoms with E-state index in [9.17, 15) is 9.59 Å². The first kappa shape index (κ1) is 11.8. The van der Waals surface area contributed by atoms with Gasteiger partial charge in [0.2, 0.25) is 0 Å². The average Bonchev–Trinajstić information content (AvgIpc) is 2.33. The highest BCUT2D eigenvalue weighted by Gasteiger charge is 2.44. The molecule has 0 aliphatic carbocycles. The molecule has 0 aromatic heterocycles. The van der Waals surface area contributed by atoms with Gasteiger partial charge in [-0.05, 0) is 20.8 Å². The minimum absolute atomic E-state index is 0.0313. The summed E-state index contributed by atoms with van der Waals surface area (Å²) in [6, 6.07) is -1.49. The SMILES string of the molecule is CC(C)(C)N(C(=O)O)[C@@H]1COC(=O)[C@H]1N. The number of carboxylic acid groups (broad SMARTS) is 1. The minimum Gasteiger partial charge on any atom is -0.465 e. The van der Waals surface area contributed by atoms with E-state index in [2.05, 4.69) is 0 Å². The predicted molar refractivity (Wildman–Crippen MR) is 52.3 cm³/mol. The number of rotatable bonds is 1. The van der Waals surface area contributed by atoms with Gasteiger partial charge in [-0.1, -0.05) is 0 Å². The zero-order chi connectivity index (χ0) is 11.8. The smallest absolute Gasteiger partial charge is 0.408 e. The summed E-state index contributed by atoms with van der Waals surface area (Å²) in [4.78, 5) is 23.3. The second kappa shape index (κ2) is 3.69. The first-order valence-electron chi connectivity index (χ1n) is 4.69. The van der Waals surface area contributed by atoms with Gasteiger partial charge in [0.1, 0.15) is 12.6 Å². The average molecular weight is 216 g/mol. The van der Waals surface area contributed by atoms with Crippen LogP contribution in [0.3, 0.4) is 0 Å². The lowest BCUT2D eigenvalue weighted by Gasteiger charge is -2.37. The molecule has 1 fully saturated rings. The lowest BCUT2D eigenvalue weighted by Crippen LogP contribution is -2.57. The number of hydrogen-bond donors (Lipinski definition) is 2. The van der Waals surface area contributed by atoms with Gasteiger partial charge in [0.15, 0.2) is 0 Å². The minimum atomic E-state index is -1.10. The van der Waals surface area contributed by atoms with Crippen molar-refractivity contribution in [1.29, 1.82) is 0 Å². The Kier molecular flexibility index (Phi) is 2.90. The number of nitrogens with two attached hydrogens (primary N) is 1. The third kappa shape index (κ3) is 2.20. The molecule has 1 heterocycles. The standard InChI is InChI=1S/C9H16N2O4/c1-9(2,3)11(8(13)14)5-4-15-7(12)6(5)10/h5-6H,4,10H2,1-3H3,(H,13,14)/t5-,6+/m1/s1. The van der Waals surface area contributed by atoms with Crippen molar-refractivity contribution >= 4 is 12.1 Å². The molecule has 0 radical (unpaired) electrons. The Morgan fingerprint density at radius 3 is 2.40 bits per heavy atom. The summed E-state index contributed by atoms with van der Waals surface area (Å²) in [6.45, 7) is 5.27. The Morgan fingerprint density at radius 1 is 1.60 bits per heavy atom. The first-order valence-corrected chi connectivity index (χ1v) is 4.69. The highest BCUT2D eigenvalue weighted by molar-refractivity contribution is 5.80. The van der Waals surface area contributed by atoms with Crippen LogP contribution >= 0.6 is 0 Å². The number of cyclic esters (lactones) is 1. The number of hydrogen-bond acceptors (Lipinski definition) is 4. The van der Waals surface area contributed by atoms with E-state index < -0.39 is 29.7 Å². The first-order chi connectivity index (χ1) is 6.75. The van der Waals surface area contributed by atoms with E-state index in [0.29, 0.717) is 0 Å². The van der Waals surface area contributed by atoms with Gasteiger partial charge in [0.05, 0.1) is 6.04 Å². The zero-order valence-electron chi connectivity index (χ0n) is 9.06. The fourth-order valence-electron chi connectivity index (χ4n) is 1.69. The molecule has 15 heavy (non-hydrogen) atoms. The summed E-state index contributed by atoms with van der Waals surface area (Å²) < 4.78 is 4.74. The molecular formula is C9H16N2O4. The van der Waals surface area contributed by atoms with Crippen molar-refractivity contribution in [2.45, 2.75) is 38.4 Å². The van der Waals surface area contributed by atoms with Crippen molar-refractivity contribution in [3.8, 4) is 0 Å². The van der Waals surface area contributed by atoms with Gasteiger partial charge < -0.3 is 15.6 Å². The molecule has 1 aliphatic rings. The Hall–Kier alpha value is -1.30. The topological polar surface area (TPSA) is 92.9 Å². The highest BCUT2D eigenvalue weighted by atomic mass is 16.5. The number of nitrogens with zero attached hydrogens (tertiary/aromatic N) is 1. The summed E-state index contributed by atoms with van der Waals surface area (Å²) in [6.07, 6.45) is -1.10. The lowest BCUT2D eigenvalue weighted by molar-refractivity contribution is -0.139. The molecule has 0 bridgehead atoms. The molecule has 1 rings (SSSR count). The fourth-order valence-corrected chi connectivity index (χ4v) is 1.69. The molecule has 1 aliphatic heterocycles. The van der Waals surface area contributed by atoms with Crippen LogP contribution in [0.4, 0.5) is 4.79 Å². The maximum atomic E-state index is 11.1. The van der Waals surface area contributed by atoms with Crippen molar-refractivity contribution in [2.24, 2.45) is 5.73 Å². The normalized spacial score (nSPS) is 26.3. The summed E-state index contributed by atoms with van der Waals surface area (Å²) in [7, 11) is 0. The molecule has 0 saturated carbocycles. The van der Waals surface area contributed by atoms with E-state index in [-0.39, 0.29) is 6.61 Å². The Labute approximate surface area is 88.0 Å². The summed E-state index contributed by atoms with van der Waals surface area (Å²) >= 11 is 0. The van der Waals surface area contributed by atoms with Crippen LogP contribution < -0.4 is 5.73 Å². The number of carbonyl (C=O) groups is 2. The summed E-state index contributed by atoms with van der Waals surface area (Å²) in [5.41, 5.74) is 4.97. The molecule has 0 aromatic carbocycles. The molecule has 0 unspecified atom stereocenters. The fraction of sp³-hybridized carbons (Fsp3) is 0.778. The summed E-state index contributed by atoms with van der Waals surface area (Å²) in [5, 5.41) is 9.08. The van der Waals surface area contributed by atoms with Crippen LogP contribution in [0.2, 0.25) is 0 Å². The Bertz CT molecular complexity index is 284. The molecular weight excluding hydrogens is 200 g/mol. The van der Waals surface area contributed by atoms with Gasteiger partial charge in [-0.2, -0.15) is 0 Å². The van der Waals surface area contributed by atoms with Gasteiger partial charge in [0.25, 0.3) is 0 Å². The zero-order valence-corrected chi connectivity index (χ0v) is 9.06. The van der Waals surface area contributed by atoms with Gasteiger partial charge in [-0.25, -0.2) is 4.79 Å². The second-order valence-electron chi connectivity index (χ2n) is 4.55. The van der Waals surface area contributed by atoms with Gasteiger partial charge in [-0.15, -0.1) is 0 Å². The van der Waals surface area contributed by atoms with Crippen LogP contribution in [0, 0.1) is 0 Å². The summed E-state index contributed by atoms with van der Waals surface area (Å²) in [5.74, 6) is -0.546. The third-order valence-corrected chi connectivity index (χ3v) is 2.34. The molecule has 0 spiro atoms. The number of amides is 1. The van der Waals surface area contributed by atoms with E-state index >= 15 is 0 Å². The Morgan fingerprint density at radius 2 is 2.13 bits per heavy atom. The maximum Gasteiger partial charge on any atom is 0.408 e. The quantitative estimate of drug-likeness (QED) is 0.602. The van der Waals surface area contributed by atoms with Crippen molar-refractivity contribution in [1.82, 2.24) is 4.90 Å². The van der Waals surface area contributed by atoms with E-state index in [1.54, 1.807) is 20.8 Å². The molecule has 1 saturated heterocycles. The van der Waals surface area contributed by atoms with Crippen LogP contribution in [-0.4, -0.2) is 46.3 Å². The predicted octanol–water partition coefficient (Wildman–Crippen LogP) is 0.0176. The van der Waals surface area contributed by atoms with E-state index in [1.807, 2.05) is 0 Å². The molecule has 6 heteroatoms. The molecule has 1 amide bonds. The van der Waals surface area contributed by atoms with Gasteiger partial charge in [-0.3, -0.25) is 9.69 Å². The second-order valence-corrected chi connectivity index (χ2v) is 4.55. The largest absolute Gasteiger partial charge is 0.465 e. The lowest BCUT2D eigenvalue weighted by atomic mass is 10.0. The third-order valence-electron chi connectivity index (χ3n) is 2.34. The maximum absolute atomic E-state index is 11.1. The van der Waals surface area contributed by atoms with Crippen LogP contribution in [0.25, 0.3) is 0 Å². The van der Waals surface area contributed by atoms with Crippen molar-refractivity contribution in [3.05, 3.63) is 0 Å². The number of esters is 1. The van der Waals surface area contributed by atoms with Crippen LogP contribution in [-0.2, 0) is 9.53 Å². The number of ether oxygens (including phenoxy) is 1. The van der Waals surface area contributed by atoms with Gasteiger partial charge >= 0.3 is 12.1 Å². The molecule has 2 atom stereocenters. The van der Waals surface area contributed by atoms with Crippen molar-refractivity contribution in [2.75, 3.05) is 6.61 Å². The molecule has 3 N–H and O–H groups in total. The monoisotopic (exact) mass is 216 g/mol. The van der Waals surface area contributed by atoms with Crippen LogP contribution in [0.1, 0.15) is 20.8 Å². The number of carbonyl (C=O) groups excluding carboxylic acids is 1. The Balaban J connectivity index is 2.92. The molecule has 86 valence electrons. The van der Waals surface area contributed by atoms with E-state index in [1.165, 1.54) is 4.90 Å². The van der Waals surface area contributed by atoms with Crippen molar-refractivity contribution in [3.63, 3.8) is 0 Å². The van der Waals surface area contributed by atoms with Gasteiger partial charge in [0, 0.05) is 5.54 Å².